The van der Waals surface area contributed by atoms with E-state index in [1.807, 2.05) is 0 Å². The number of hydrogen-bond acceptors (Lipinski definition) is 3. The fourth-order valence-electron chi connectivity index (χ4n) is 2.40. The number of pyridine rings is 1. The monoisotopic (exact) mass is 284 g/mol. The third-order valence-electron chi connectivity index (χ3n) is 3.57. The molecule has 2 aromatic heterocycles. The summed E-state index contributed by atoms with van der Waals surface area (Å²) in [5, 5.41) is 0. The molecule has 0 bridgehead atoms. The fraction of sp³-hybridized carbons (Fsp3) is 0.267. The van der Waals surface area contributed by atoms with Crippen LogP contribution in [0.4, 0.5) is 0 Å². The number of carbonyl (C=O) groups excluding carboxylic acids is 2. The molecule has 21 heavy (non-hydrogen) atoms. The number of carbonyl (C=O) groups is 2. The molecule has 3 rings (SSSR count). The highest BCUT2D eigenvalue weighted by atomic mass is 16.2. The van der Waals surface area contributed by atoms with Gasteiger partial charge in [-0.05, 0) is 24.3 Å². The molecule has 6 heteroatoms. The van der Waals surface area contributed by atoms with Crippen LogP contribution in [0.3, 0.4) is 0 Å². The molecule has 1 saturated heterocycles. The molecule has 2 amide bonds. The van der Waals surface area contributed by atoms with E-state index in [-0.39, 0.29) is 11.8 Å². The molecular weight excluding hydrogens is 268 g/mol. The summed E-state index contributed by atoms with van der Waals surface area (Å²) in [7, 11) is 0. The lowest BCUT2D eigenvalue weighted by molar-refractivity contribution is 0.0529. The smallest absolute Gasteiger partial charge is 0.272 e. The number of rotatable bonds is 2. The lowest BCUT2D eigenvalue weighted by Crippen LogP contribution is -2.50. The van der Waals surface area contributed by atoms with Gasteiger partial charge in [-0.15, -0.1) is 0 Å². The van der Waals surface area contributed by atoms with Crippen LogP contribution in [0, 0.1) is 0 Å². The van der Waals surface area contributed by atoms with Crippen molar-refractivity contribution in [2.75, 3.05) is 26.2 Å². The van der Waals surface area contributed by atoms with Crippen LogP contribution in [-0.4, -0.2) is 57.8 Å². The zero-order valence-electron chi connectivity index (χ0n) is 11.5. The van der Waals surface area contributed by atoms with E-state index in [9.17, 15) is 9.59 Å². The van der Waals surface area contributed by atoms with Crippen LogP contribution in [0.5, 0.6) is 0 Å². The van der Waals surface area contributed by atoms with Gasteiger partial charge in [0.15, 0.2) is 0 Å². The van der Waals surface area contributed by atoms with Gasteiger partial charge in [0, 0.05) is 38.6 Å². The van der Waals surface area contributed by atoms with Crippen LogP contribution in [-0.2, 0) is 0 Å². The lowest BCUT2D eigenvalue weighted by atomic mass is 10.2. The Kier molecular flexibility index (Phi) is 3.68. The van der Waals surface area contributed by atoms with Crippen LogP contribution >= 0.6 is 0 Å². The Hall–Kier alpha value is -2.63. The largest absolute Gasteiger partial charge is 0.357 e. The second-order valence-electron chi connectivity index (χ2n) is 4.88. The second-order valence-corrected chi connectivity index (χ2v) is 4.88. The highest BCUT2D eigenvalue weighted by molar-refractivity contribution is 5.94. The molecule has 0 spiro atoms. The van der Waals surface area contributed by atoms with Crippen molar-refractivity contribution in [2.24, 2.45) is 0 Å². The minimum absolute atomic E-state index is 0.0232. The SMILES string of the molecule is O=C(c1ccccn1)N1CCN(C(=O)c2ccc[nH]2)CC1. The second kappa shape index (κ2) is 5.78. The molecular formula is C15H16N4O2. The average molecular weight is 284 g/mol. The maximum atomic E-state index is 12.3. The van der Waals surface area contributed by atoms with E-state index in [0.717, 1.165) is 0 Å². The van der Waals surface area contributed by atoms with Gasteiger partial charge in [-0.3, -0.25) is 14.6 Å². The molecule has 108 valence electrons. The van der Waals surface area contributed by atoms with Gasteiger partial charge in [-0.25, -0.2) is 0 Å². The van der Waals surface area contributed by atoms with E-state index < -0.39 is 0 Å². The summed E-state index contributed by atoms with van der Waals surface area (Å²) < 4.78 is 0. The lowest BCUT2D eigenvalue weighted by Gasteiger charge is -2.34. The number of aromatic nitrogens is 2. The zero-order valence-corrected chi connectivity index (χ0v) is 11.5. The Labute approximate surface area is 122 Å². The minimum Gasteiger partial charge on any atom is -0.357 e. The van der Waals surface area contributed by atoms with E-state index in [0.29, 0.717) is 37.6 Å². The summed E-state index contributed by atoms with van der Waals surface area (Å²) in [5.41, 5.74) is 1.03. The fourth-order valence-corrected chi connectivity index (χ4v) is 2.40. The van der Waals surface area contributed by atoms with Gasteiger partial charge in [0.1, 0.15) is 11.4 Å². The molecule has 6 nitrogen and oxygen atoms in total. The van der Waals surface area contributed by atoms with Crippen molar-refractivity contribution in [3.63, 3.8) is 0 Å². The molecule has 0 radical (unpaired) electrons. The molecule has 2 aromatic rings. The first-order valence-electron chi connectivity index (χ1n) is 6.88. The summed E-state index contributed by atoms with van der Waals surface area (Å²) in [6.45, 7) is 2.14. The van der Waals surface area contributed by atoms with Gasteiger partial charge in [0.05, 0.1) is 0 Å². The van der Waals surface area contributed by atoms with Crippen molar-refractivity contribution >= 4 is 11.8 Å². The molecule has 1 fully saturated rings. The van der Waals surface area contributed by atoms with Crippen molar-refractivity contribution in [2.45, 2.75) is 0 Å². The Morgan fingerprint density at radius 3 is 2.24 bits per heavy atom. The quantitative estimate of drug-likeness (QED) is 0.894. The predicted octanol–water partition coefficient (Wildman–Crippen LogP) is 1.01. The zero-order chi connectivity index (χ0) is 14.7. The molecule has 0 aliphatic carbocycles. The number of piperazine rings is 1. The van der Waals surface area contributed by atoms with Gasteiger partial charge in [0.25, 0.3) is 11.8 Å². The third kappa shape index (κ3) is 2.79. The summed E-state index contributed by atoms with van der Waals surface area (Å²) in [6.07, 6.45) is 3.34. The van der Waals surface area contributed by atoms with Gasteiger partial charge in [-0.2, -0.15) is 0 Å². The average Bonchev–Trinajstić information content (AvgIpc) is 3.09. The Balaban J connectivity index is 1.60. The molecule has 1 aliphatic heterocycles. The van der Waals surface area contributed by atoms with Crippen LogP contribution < -0.4 is 0 Å². The van der Waals surface area contributed by atoms with Crippen LogP contribution in [0.15, 0.2) is 42.7 Å². The maximum Gasteiger partial charge on any atom is 0.272 e. The number of amides is 2. The van der Waals surface area contributed by atoms with Crippen molar-refractivity contribution in [3.05, 3.63) is 54.1 Å². The number of nitrogens with zero attached hydrogens (tertiary/aromatic N) is 3. The summed E-state index contributed by atoms with van der Waals surface area (Å²) in [5.74, 6) is -0.104. The topological polar surface area (TPSA) is 69.3 Å². The number of aromatic amines is 1. The highest BCUT2D eigenvalue weighted by Crippen LogP contribution is 2.09. The van der Waals surface area contributed by atoms with Crippen LogP contribution in [0.25, 0.3) is 0 Å². The third-order valence-corrected chi connectivity index (χ3v) is 3.57. The summed E-state index contributed by atoms with van der Waals surface area (Å²) >= 11 is 0. The van der Waals surface area contributed by atoms with Gasteiger partial charge in [0.2, 0.25) is 0 Å². The van der Waals surface area contributed by atoms with E-state index in [1.54, 1.807) is 52.5 Å². The first-order chi connectivity index (χ1) is 10.3. The molecule has 0 aromatic carbocycles. The van der Waals surface area contributed by atoms with E-state index in [4.69, 9.17) is 0 Å². The summed E-state index contributed by atoms with van der Waals surface area (Å²) in [6, 6.07) is 8.84. The number of H-pyrrole nitrogens is 1. The van der Waals surface area contributed by atoms with Crippen molar-refractivity contribution in [1.29, 1.82) is 0 Å². The molecule has 0 unspecified atom stereocenters. The summed E-state index contributed by atoms with van der Waals surface area (Å²) in [4.78, 5) is 34.9. The molecule has 1 aliphatic rings. The van der Waals surface area contributed by atoms with Crippen molar-refractivity contribution in [1.82, 2.24) is 19.8 Å². The number of nitrogens with one attached hydrogen (secondary N) is 1. The molecule has 0 saturated carbocycles. The van der Waals surface area contributed by atoms with Crippen molar-refractivity contribution < 1.29 is 9.59 Å². The molecule has 0 atom stereocenters. The minimum atomic E-state index is -0.0810. The van der Waals surface area contributed by atoms with E-state index in [2.05, 4.69) is 9.97 Å². The van der Waals surface area contributed by atoms with E-state index >= 15 is 0 Å². The van der Waals surface area contributed by atoms with Crippen molar-refractivity contribution in [3.8, 4) is 0 Å². The van der Waals surface area contributed by atoms with Gasteiger partial charge >= 0.3 is 0 Å². The first kappa shape index (κ1) is 13.4. The Morgan fingerprint density at radius 1 is 0.952 bits per heavy atom. The Bertz CT molecular complexity index is 616. The molecule has 1 N–H and O–H groups in total. The van der Waals surface area contributed by atoms with Gasteiger partial charge < -0.3 is 14.8 Å². The van der Waals surface area contributed by atoms with Crippen LogP contribution in [0.2, 0.25) is 0 Å². The van der Waals surface area contributed by atoms with E-state index in [1.165, 1.54) is 0 Å². The molecule has 3 heterocycles. The van der Waals surface area contributed by atoms with Gasteiger partial charge in [-0.1, -0.05) is 6.07 Å². The normalized spacial score (nSPS) is 15.0. The number of hydrogen-bond donors (Lipinski definition) is 1. The standard InChI is InChI=1S/C15H16N4O2/c20-14(12-4-1-2-6-16-12)18-8-10-19(11-9-18)15(21)13-5-3-7-17-13/h1-7,17H,8-11H2. The predicted molar refractivity (Wildman–Crippen MR) is 76.8 cm³/mol. The Morgan fingerprint density at radius 2 is 1.67 bits per heavy atom. The van der Waals surface area contributed by atoms with Crippen LogP contribution in [0.1, 0.15) is 21.0 Å². The first-order valence-corrected chi connectivity index (χ1v) is 6.88. The highest BCUT2D eigenvalue weighted by Gasteiger charge is 2.26. The maximum absolute atomic E-state index is 12.3.